The molecular weight excluding hydrogens is 266 g/mol. The Morgan fingerprint density at radius 2 is 2.10 bits per heavy atom. The van der Waals surface area contributed by atoms with E-state index < -0.39 is 0 Å². The lowest BCUT2D eigenvalue weighted by Crippen LogP contribution is -2.07. The third-order valence-corrected chi connectivity index (χ3v) is 3.06. The van der Waals surface area contributed by atoms with Gasteiger partial charge in [0.15, 0.2) is 0 Å². The molecule has 0 atom stereocenters. The van der Waals surface area contributed by atoms with E-state index in [0.717, 1.165) is 23.0 Å². The second-order valence-corrected chi connectivity index (χ2v) is 4.87. The molecule has 6 heteroatoms. The highest BCUT2D eigenvalue weighted by atomic mass is 16.5. The molecule has 2 heterocycles. The molecule has 0 spiro atoms. The van der Waals surface area contributed by atoms with Gasteiger partial charge < -0.3 is 10.5 Å². The quantitative estimate of drug-likeness (QED) is 0.744. The fourth-order valence-electron chi connectivity index (χ4n) is 2.09. The predicted molar refractivity (Wildman–Crippen MR) is 81.6 cm³/mol. The van der Waals surface area contributed by atoms with E-state index in [1.54, 1.807) is 10.9 Å². The van der Waals surface area contributed by atoms with E-state index in [1.807, 2.05) is 31.2 Å². The van der Waals surface area contributed by atoms with Gasteiger partial charge in [-0.3, -0.25) is 0 Å². The van der Waals surface area contributed by atoms with Gasteiger partial charge in [0.05, 0.1) is 18.3 Å². The Morgan fingerprint density at radius 3 is 2.90 bits per heavy atom. The highest BCUT2D eigenvalue weighted by Gasteiger charge is 2.10. The van der Waals surface area contributed by atoms with Crippen LogP contribution in [-0.2, 0) is 0 Å². The summed E-state index contributed by atoms with van der Waals surface area (Å²) in [6.07, 6.45) is 2.70. The molecule has 6 nitrogen and oxygen atoms in total. The third kappa shape index (κ3) is 2.65. The number of nitrogens with two attached hydrogens (primary N) is 1. The van der Waals surface area contributed by atoms with Crippen LogP contribution in [0.1, 0.15) is 19.0 Å². The fourth-order valence-corrected chi connectivity index (χ4v) is 2.09. The molecular formula is C15H17N5O. The summed E-state index contributed by atoms with van der Waals surface area (Å²) < 4.78 is 7.27. The van der Waals surface area contributed by atoms with E-state index in [0.29, 0.717) is 24.1 Å². The van der Waals surface area contributed by atoms with Gasteiger partial charge in [-0.25, -0.2) is 4.98 Å². The topological polar surface area (TPSA) is 78.8 Å². The first-order valence-electron chi connectivity index (χ1n) is 6.89. The van der Waals surface area contributed by atoms with Crippen LogP contribution in [0, 0.1) is 6.92 Å². The van der Waals surface area contributed by atoms with E-state index in [2.05, 4.69) is 22.0 Å². The number of hydrogen-bond acceptors (Lipinski definition) is 5. The number of ether oxygens (including phenoxy) is 1. The van der Waals surface area contributed by atoms with Crippen LogP contribution in [0.25, 0.3) is 16.9 Å². The van der Waals surface area contributed by atoms with Crippen LogP contribution in [0.4, 0.5) is 5.69 Å². The average Bonchev–Trinajstić information content (AvgIpc) is 2.87. The number of hydrogen-bond donors (Lipinski definition) is 1. The summed E-state index contributed by atoms with van der Waals surface area (Å²) in [4.78, 5) is 8.85. The second kappa shape index (κ2) is 5.40. The summed E-state index contributed by atoms with van der Waals surface area (Å²) in [5, 5.41) is 5.34. The monoisotopic (exact) mass is 283 g/mol. The van der Waals surface area contributed by atoms with E-state index in [4.69, 9.17) is 10.5 Å². The molecule has 1 aromatic carbocycles. The minimum absolute atomic E-state index is 0.488. The summed E-state index contributed by atoms with van der Waals surface area (Å²) in [6.45, 7) is 4.59. The van der Waals surface area contributed by atoms with Crippen molar-refractivity contribution >= 4 is 16.6 Å². The zero-order valence-corrected chi connectivity index (χ0v) is 12.1. The number of fused-ring (bicyclic) bond motifs is 1. The van der Waals surface area contributed by atoms with Crippen molar-refractivity contribution in [2.45, 2.75) is 20.3 Å². The van der Waals surface area contributed by atoms with Crippen LogP contribution in [0.2, 0.25) is 0 Å². The predicted octanol–water partition coefficient (Wildman–Crippen LogP) is 2.49. The van der Waals surface area contributed by atoms with Crippen LogP contribution < -0.4 is 10.5 Å². The summed E-state index contributed by atoms with van der Waals surface area (Å²) in [7, 11) is 0. The van der Waals surface area contributed by atoms with Crippen molar-refractivity contribution < 1.29 is 4.74 Å². The van der Waals surface area contributed by atoms with Crippen molar-refractivity contribution in [2.24, 2.45) is 0 Å². The van der Waals surface area contributed by atoms with Crippen molar-refractivity contribution in [2.75, 3.05) is 12.3 Å². The number of anilines is 1. The van der Waals surface area contributed by atoms with Gasteiger partial charge in [-0.15, -0.1) is 0 Å². The molecule has 0 fully saturated rings. The number of rotatable bonds is 4. The molecule has 2 aromatic heterocycles. The molecule has 3 rings (SSSR count). The van der Waals surface area contributed by atoms with Crippen molar-refractivity contribution in [1.29, 1.82) is 0 Å². The minimum Gasteiger partial charge on any atom is -0.478 e. The van der Waals surface area contributed by atoms with Crippen LogP contribution in [0.15, 0.2) is 30.5 Å². The highest BCUT2D eigenvalue weighted by molar-refractivity contribution is 5.82. The number of aromatic nitrogens is 4. The zero-order valence-electron chi connectivity index (χ0n) is 12.1. The van der Waals surface area contributed by atoms with Crippen molar-refractivity contribution in [3.05, 3.63) is 36.2 Å². The van der Waals surface area contributed by atoms with Crippen LogP contribution in [0.3, 0.4) is 0 Å². The Bertz CT molecular complexity index is 781. The summed E-state index contributed by atoms with van der Waals surface area (Å²) in [5.74, 6) is 1.05. The largest absolute Gasteiger partial charge is 0.478 e. The van der Waals surface area contributed by atoms with E-state index in [1.165, 1.54) is 0 Å². The SMILES string of the molecule is CCCOc1cc(C)nc(-n2ncc3ccc(N)cc32)n1. The molecule has 2 N–H and O–H groups in total. The first-order valence-corrected chi connectivity index (χ1v) is 6.89. The van der Waals surface area contributed by atoms with Gasteiger partial charge in [-0.1, -0.05) is 6.92 Å². The second-order valence-electron chi connectivity index (χ2n) is 4.87. The lowest BCUT2D eigenvalue weighted by molar-refractivity contribution is 0.304. The first-order chi connectivity index (χ1) is 10.2. The Labute approximate surface area is 122 Å². The van der Waals surface area contributed by atoms with Gasteiger partial charge >= 0.3 is 0 Å². The third-order valence-electron chi connectivity index (χ3n) is 3.06. The standard InChI is InChI=1S/C15H17N5O/c1-3-6-21-14-7-10(2)18-15(19-14)20-13-8-12(16)5-4-11(13)9-17-20/h4-5,7-9H,3,6,16H2,1-2H3. The van der Waals surface area contributed by atoms with Gasteiger partial charge in [0, 0.05) is 22.8 Å². The normalized spacial score (nSPS) is 11.0. The summed E-state index contributed by atoms with van der Waals surface area (Å²) >= 11 is 0. The molecule has 0 aliphatic rings. The number of nitrogens with zero attached hydrogens (tertiary/aromatic N) is 4. The zero-order chi connectivity index (χ0) is 14.8. The molecule has 3 aromatic rings. The summed E-state index contributed by atoms with van der Waals surface area (Å²) in [5.41, 5.74) is 8.24. The van der Waals surface area contributed by atoms with Crippen LogP contribution in [-0.4, -0.2) is 26.4 Å². The number of aryl methyl sites for hydroxylation is 1. The van der Waals surface area contributed by atoms with Crippen LogP contribution in [0.5, 0.6) is 5.88 Å². The maximum Gasteiger partial charge on any atom is 0.254 e. The van der Waals surface area contributed by atoms with Gasteiger partial charge in [-0.05, 0) is 31.5 Å². The van der Waals surface area contributed by atoms with Crippen LogP contribution >= 0.6 is 0 Å². The lowest BCUT2D eigenvalue weighted by Gasteiger charge is -2.08. The van der Waals surface area contributed by atoms with E-state index in [-0.39, 0.29) is 0 Å². The highest BCUT2D eigenvalue weighted by Crippen LogP contribution is 2.20. The lowest BCUT2D eigenvalue weighted by atomic mass is 10.2. The van der Waals surface area contributed by atoms with E-state index >= 15 is 0 Å². The number of benzene rings is 1. The first kappa shape index (κ1) is 13.4. The molecule has 0 saturated heterocycles. The maximum atomic E-state index is 5.85. The van der Waals surface area contributed by atoms with Crippen molar-refractivity contribution in [1.82, 2.24) is 19.7 Å². The molecule has 108 valence electrons. The molecule has 21 heavy (non-hydrogen) atoms. The van der Waals surface area contributed by atoms with Gasteiger partial charge in [0.1, 0.15) is 0 Å². The van der Waals surface area contributed by atoms with Gasteiger partial charge in [0.25, 0.3) is 5.95 Å². The number of nitrogen functional groups attached to an aromatic ring is 1. The molecule has 0 saturated carbocycles. The molecule has 0 radical (unpaired) electrons. The van der Waals surface area contributed by atoms with Gasteiger partial charge in [0.2, 0.25) is 5.88 Å². The average molecular weight is 283 g/mol. The molecule has 0 amide bonds. The molecule has 0 aliphatic heterocycles. The Balaban J connectivity index is 2.09. The fraction of sp³-hybridized carbons (Fsp3) is 0.267. The molecule has 0 aliphatic carbocycles. The van der Waals surface area contributed by atoms with Gasteiger partial charge in [-0.2, -0.15) is 14.8 Å². The molecule has 0 bridgehead atoms. The van der Waals surface area contributed by atoms with E-state index in [9.17, 15) is 0 Å². The van der Waals surface area contributed by atoms with Crippen molar-refractivity contribution in [3.8, 4) is 11.8 Å². The van der Waals surface area contributed by atoms with Crippen molar-refractivity contribution in [3.63, 3.8) is 0 Å². The Hall–Kier alpha value is -2.63. The smallest absolute Gasteiger partial charge is 0.254 e. The minimum atomic E-state index is 0.488. The Morgan fingerprint density at radius 1 is 1.24 bits per heavy atom. The maximum absolute atomic E-state index is 5.85. The molecule has 0 unspecified atom stereocenters. The Kier molecular flexibility index (Phi) is 3.43. The summed E-state index contributed by atoms with van der Waals surface area (Å²) in [6, 6.07) is 7.46.